The van der Waals surface area contributed by atoms with Gasteiger partial charge in [0.1, 0.15) is 11.9 Å². The van der Waals surface area contributed by atoms with Crippen LogP contribution >= 0.6 is 11.6 Å². The number of anilines is 1. The van der Waals surface area contributed by atoms with Crippen molar-refractivity contribution in [1.29, 1.82) is 5.26 Å². The van der Waals surface area contributed by atoms with Gasteiger partial charge < -0.3 is 10.1 Å². The molecular weight excluding hydrogens is 386 g/mol. The third-order valence-corrected chi connectivity index (χ3v) is 5.81. The minimum atomic E-state index is 0.506. The summed E-state index contributed by atoms with van der Waals surface area (Å²) in [6.45, 7) is 7.55. The topological polar surface area (TPSA) is 65.6 Å². The number of para-hydroxylation sites is 2. The standard InChI is InChI=1S/C22H26ClN5O/c1-16-17(7-8-23)21(25-9-4-10-27-11-13-29-14-12-27)28-20-6-3-2-5-19(20)26-22(28)18(16)15-24/h2-3,5-6,25H,4,7-14H2,1H3. The highest BCUT2D eigenvalue weighted by Gasteiger charge is 2.20. The van der Waals surface area contributed by atoms with Gasteiger partial charge in [0.2, 0.25) is 0 Å². The molecule has 0 spiro atoms. The fraction of sp³-hybridized carbons (Fsp3) is 0.455. The third kappa shape index (κ3) is 3.91. The first-order valence-corrected chi connectivity index (χ1v) is 10.7. The van der Waals surface area contributed by atoms with Gasteiger partial charge >= 0.3 is 0 Å². The van der Waals surface area contributed by atoms with Crippen LogP contribution in [-0.2, 0) is 11.2 Å². The van der Waals surface area contributed by atoms with Crippen LogP contribution in [-0.4, -0.2) is 59.6 Å². The average Bonchev–Trinajstić information content (AvgIpc) is 3.13. The lowest BCUT2D eigenvalue weighted by Crippen LogP contribution is -2.37. The number of fused-ring (bicyclic) bond motifs is 3. The molecule has 29 heavy (non-hydrogen) atoms. The molecule has 7 heteroatoms. The quantitative estimate of drug-likeness (QED) is 0.475. The van der Waals surface area contributed by atoms with E-state index in [1.54, 1.807) is 0 Å². The summed E-state index contributed by atoms with van der Waals surface area (Å²) in [4.78, 5) is 7.20. The Morgan fingerprint density at radius 2 is 2.07 bits per heavy atom. The first kappa shape index (κ1) is 20.0. The van der Waals surface area contributed by atoms with Crippen molar-refractivity contribution >= 4 is 34.1 Å². The van der Waals surface area contributed by atoms with Gasteiger partial charge in [0.25, 0.3) is 0 Å². The van der Waals surface area contributed by atoms with Crippen LogP contribution in [0.25, 0.3) is 16.7 Å². The van der Waals surface area contributed by atoms with Gasteiger partial charge in [-0.15, -0.1) is 11.6 Å². The average molecular weight is 412 g/mol. The number of benzene rings is 1. The van der Waals surface area contributed by atoms with Crippen molar-refractivity contribution in [3.8, 4) is 6.07 Å². The predicted octanol–water partition coefficient (Wildman–Crippen LogP) is 3.58. The lowest BCUT2D eigenvalue weighted by atomic mass is 10.0. The molecular formula is C22H26ClN5O. The molecule has 4 rings (SSSR count). The summed E-state index contributed by atoms with van der Waals surface area (Å²) < 4.78 is 7.52. The Morgan fingerprint density at radius 3 is 2.83 bits per heavy atom. The monoisotopic (exact) mass is 411 g/mol. The normalized spacial score (nSPS) is 15.1. The van der Waals surface area contributed by atoms with Crippen LogP contribution in [0.4, 0.5) is 5.82 Å². The van der Waals surface area contributed by atoms with Crippen molar-refractivity contribution in [3.63, 3.8) is 0 Å². The van der Waals surface area contributed by atoms with E-state index < -0.39 is 0 Å². The summed E-state index contributed by atoms with van der Waals surface area (Å²) in [5, 5.41) is 13.5. The molecule has 0 atom stereocenters. The van der Waals surface area contributed by atoms with E-state index in [0.717, 1.165) is 73.8 Å². The molecule has 6 nitrogen and oxygen atoms in total. The Balaban J connectivity index is 1.70. The highest BCUT2D eigenvalue weighted by molar-refractivity contribution is 6.18. The fourth-order valence-electron chi connectivity index (χ4n) is 4.11. The molecule has 1 saturated heterocycles. The molecule has 3 aromatic rings. The number of hydrogen-bond donors (Lipinski definition) is 1. The summed E-state index contributed by atoms with van der Waals surface area (Å²) in [6, 6.07) is 10.4. The van der Waals surface area contributed by atoms with Gasteiger partial charge in [0, 0.05) is 25.5 Å². The Hall–Kier alpha value is -2.33. The lowest BCUT2D eigenvalue weighted by Gasteiger charge is -2.26. The van der Waals surface area contributed by atoms with Crippen LogP contribution in [0.3, 0.4) is 0 Å². The third-order valence-electron chi connectivity index (χ3n) is 5.63. The number of halogens is 1. The molecule has 1 fully saturated rings. The zero-order chi connectivity index (χ0) is 20.2. The number of pyridine rings is 1. The van der Waals surface area contributed by atoms with Crippen molar-refractivity contribution < 1.29 is 4.74 Å². The van der Waals surface area contributed by atoms with Gasteiger partial charge in [-0.1, -0.05) is 12.1 Å². The number of nitrogens with zero attached hydrogens (tertiary/aromatic N) is 4. The largest absolute Gasteiger partial charge is 0.379 e. The van der Waals surface area contributed by atoms with Gasteiger partial charge in [-0.05, 0) is 49.6 Å². The molecule has 0 unspecified atom stereocenters. The summed E-state index contributed by atoms with van der Waals surface area (Å²) >= 11 is 6.13. The Morgan fingerprint density at radius 1 is 1.28 bits per heavy atom. The summed E-state index contributed by atoms with van der Waals surface area (Å²) in [6.07, 6.45) is 1.74. The van der Waals surface area contributed by atoms with E-state index in [1.807, 2.05) is 25.1 Å². The van der Waals surface area contributed by atoms with E-state index in [1.165, 1.54) is 0 Å². The van der Waals surface area contributed by atoms with Crippen molar-refractivity contribution in [1.82, 2.24) is 14.3 Å². The summed E-state index contributed by atoms with van der Waals surface area (Å²) in [5.41, 5.74) is 5.29. The molecule has 1 aliphatic heterocycles. The number of imidazole rings is 1. The molecule has 0 radical (unpaired) electrons. The fourth-order valence-corrected chi connectivity index (χ4v) is 4.29. The van der Waals surface area contributed by atoms with E-state index in [4.69, 9.17) is 21.3 Å². The maximum atomic E-state index is 9.81. The van der Waals surface area contributed by atoms with E-state index in [-0.39, 0.29) is 0 Å². The van der Waals surface area contributed by atoms with Gasteiger partial charge in [0.05, 0.1) is 29.8 Å². The Kier molecular flexibility index (Phi) is 6.19. The lowest BCUT2D eigenvalue weighted by molar-refractivity contribution is 0.0378. The molecule has 1 N–H and O–H groups in total. The summed E-state index contributed by atoms with van der Waals surface area (Å²) in [7, 11) is 0. The van der Waals surface area contributed by atoms with E-state index in [0.29, 0.717) is 23.5 Å². The van der Waals surface area contributed by atoms with Crippen LogP contribution < -0.4 is 5.32 Å². The smallest absolute Gasteiger partial charge is 0.157 e. The molecule has 0 bridgehead atoms. The van der Waals surface area contributed by atoms with Crippen LogP contribution in [0, 0.1) is 18.3 Å². The maximum Gasteiger partial charge on any atom is 0.157 e. The second-order valence-corrected chi connectivity index (χ2v) is 7.75. The van der Waals surface area contributed by atoms with Crippen molar-refractivity contribution in [2.75, 3.05) is 50.6 Å². The second kappa shape index (κ2) is 9.00. The zero-order valence-electron chi connectivity index (χ0n) is 16.7. The highest BCUT2D eigenvalue weighted by atomic mass is 35.5. The molecule has 1 aromatic carbocycles. The molecule has 0 amide bonds. The van der Waals surface area contributed by atoms with Gasteiger partial charge in [-0.3, -0.25) is 9.30 Å². The van der Waals surface area contributed by atoms with Gasteiger partial charge in [-0.2, -0.15) is 5.26 Å². The van der Waals surface area contributed by atoms with E-state index in [2.05, 4.69) is 26.8 Å². The molecule has 0 aliphatic carbocycles. The number of morpholine rings is 1. The van der Waals surface area contributed by atoms with Crippen molar-refractivity contribution in [3.05, 3.63) is 41.0 Å². The zero-order valence-corrected chi connectivity index (χ0v) is 17.5. The molecule has 1 aliphatic rings. The van der Waals surface area contributed by atoms with Gasteiger partial charge in [-0.25, -0.2) is 4.98 Å². The molecule has 3 heterocycles. The Labute approximate surface area is 176 Å². The van der Waals surface area contributed by atoms with Crippen molar-refractivity contribution in [2.45, 2.75) is 19.8 Å². The minimum absolute atomic E-state index is 0.506. The summed E-state index contributed by atoms with van der Waals surface area (Å²) in [5.74, 6) is 1.51. The van der Waals surface area contributed by atoms with Gasteiger partial charge in [0.15, 0.2) is 5.65 Å². The van der Waals surface area contributed by atoms with Crippen LogP contribution in [0.1, 0.15) is 23.1 Å². The number of hydrogen-bond acceptors (Lipinski definition) is 5. The SMILES string of the molecule is Cc1c(CCCl)c(NCCCN2CCOCC2)n2c(nc3ccccc32)c1C#N. The van der Waals surface area contributed by atoms with Crippen LogP contribution in [0.15, 0.2) is 24.3 Å². The first-order valence-electron chi connectivity index (χ1n) is 10.2. The molecule has 0 saturated carbocycles. The Bertz CT molecular complexity index is 1050. The predicted molar refractivity (Wildman–Crippen MR) is 117 cm³/mol. The van der Waals surface area contributed by atoms with Crippen molar-refractivity contribution in [2.24, 2.45) is 0 Å². The highest BCUT2D eigenvalue weighted by Crippen LogP contribution is 2.31. The van der Waals surface area contributed by atoms with E-state index >= 15 is 0 Å². The first-order chi connectivity index (χ1) is 14.2. The second-order valence-electron chi connectivity index (χ2n) is 7.37. The minimum Gasteiger partial charge on any atom is -0.379 e. The maximum absolute atomic E-state index is 9.81. The number of aromatic nitrogens is 2. The molecule has 152 valence electrons. The number of nitriles is 1. The van der Waals surface area contributed by atoms with Crippen LogP contribution in [0.5, 0.6) is 0 Å². The number of ether oxygens (including phenoxy) is 1. The number of alkyl halides is 1. The number of nitrogens with one attached hydrogen (secondary N) is 1. The van der Waals surface area contributed by atoms with E-state index in [9.17, 15) is 5.26 Å². The number of rotatable bonds is 7. The molecule has 2 aromatic heterocycles. The van der Waals surface area contributed by atoms with Crippen LogP contribution in [0.2, 0.25) is 0 Å².